The number of hydrogen-bond acceptors (Lipinski definition) is 6. The molecule has 0 saturated carbocycles. The zero-order valence-corrected chi connectivity index (χ0v) is 18.3. The lowest BCUT2D eigenvalue weighted by Crippen LogP contribution is -2.30. The number of benzene rings is 1. The van der Waals surface area contributed by atoms with Crippen LogP contribution in [0.1, 0.15) is 17.4 Å². The second kappa shape index (κ2) is 9.23. The summed E-state index contributed by atoms with van der Waals surface area (Å²) in [4.78, 5) is 17.8. The molecule has 4 aromatic rings. The van der Waals surface area contributed by atoms with Crippen LogP contribution in [0.5, 0.6) is 0 Å². The second-order valence-corrected chi connectivity index (χ2v) is 9.11. The van der Waals surface area contributed by atoms with Crippen LogP contribution >= 0.6 is 23.1 Å². The summed E-state index contributed by atoms with van der Waals surface area (Å²) in [6.07, 6.45) is 3.47. The first-order valence-electron chi connectivity index (χ1n) is 9.51. The number of amides is 1. The van der Waals surface area contributed by atoms with Gasteiger partial charge in [-0.25, -0.2) is 0 Å². The minimum absolute atomic E-state index is 0.0303. The molecule has 1 aromatic carbocycles. The highest BCUT2D eigenvalue weighted by atomic mass is 32.2. The first kappa shape index (κ1) is 20.3. The number of hydrogen-bond donors (Lipinski definition) is 1. The smallest absolute Gasteiger partial charge is 0.233 e. The van der Waals surface area contributed by atoms with Crippen molar-refractivity contribution < 1.29 is 4.79 Å². The van der Waals surface area contributed by atoms with E-state index in [4.69, 9.17) is 0 Å². The van der Waals surface area contributed by atoms with E-state index in [-0.39, 0.29) is 11.2 Å². The number of nitrogens with one attached hydrogen (secondary N) is 1. The molecule has 1 N–H and O–H groups in total. The molecule has 152 valence electrons. The quantitative estimate of drug-likeness (QED) is 0.433. The second-order valence-electron chi connectivity index (χ2n) is 6.77. The normalized spacial score (nSPS) is 11.9. The molecule has 30 heavy (non-hydrogen) atoms. The minimum atomic E-state index is -0.316. The van der Waals surface area contributed by atoms with Gasteiger partial charge in [0.2, 0.25) is 5.91 Å². The van der Waals surface area contributed by atoms with E-state index in [1.807, 2.05) is 53.3 Å². The molecule has 0 aliphatic carbocycles. The average Bonchev–Trinajstić information content (AvgIpc) is 3.43. The summed E-state index contributed by atoms with van der Waals surface area (Å²) in [7, 11) is 0. The van der Waals surface area contributed by atoms with Gasteiger partial charge in [-0.2, -0.15) is 0 Å². The highest BCUT2D eigenvalue weighted by Gasteiger charge is 2.21. The zero-order chi connectivity index (χ0) is 20.9. The molecule has 0 saturated heterocycles. The third-order valence-electron chi connectivity index (χ3n) is 4.53. The highest BCUT2D eigenvalue weighted by Crippen LogP contribution is 2.30. The number of nitrogens with zero attached hydrogens (tertiary/aromatic N) is 4. The summed E-state index contributed by atoms with van der Waals surface area (Å²) >= 11 is 3.02. The average molecular weight is 436 g/mol. The van der Waals surface area contributed by atoms with Gasteiger partial charge < -0.3 is 5.32 Å². The molecular formula is C22H21N5OS2. The monoisotopic (exact) mass is 435 g/mol. The molecular weight excluding hydrogens is 414 g/mol. The van der Waals surface area contributed by atoms with Crippen molar-refractivity contribution in [2.45, 2.75) is 30.8 Å². The van der Waals surface area contributed by atoms with Gasteiger partial charge in [-0.05, 0) is 49.6 Å². The van der Waals surface area contributed by atoms with Crippen LogP contribution in [0.4, 0.5) is 0 Å². The lowest BCUT2D eigenvalue weighted by molar-refractivity contribution is -0.120. The number of thioether (sulfide) groups is 1. The van der Waals surface area contributed by atoms with Crippen LogP contribution in [-0.2, 0) is 11.3 Å². The number of aromatic nitrogens is 4. The summed E-state index contributed by atoms with van der Waals surface area (Å²) in [6, 6.07) is 16.0. The molecule has 0 fully saturated rings. The van der Waals surface area contributed by atoms with Crippen LogP contribution in [0.2, 0.25) is 0 Å². The lowest BCUT2D eigenvalue weighted by Gasteiger charge is -2.14. The van der Waals surface area contributed by atoms with E-state index in [2.05, 4.69) is 39.6 Å². The largest absolute Gasteiger partial charge is 0.350 e. The minimum Gasteiger partial charge on any atom is -0.350 e. The van der Waals surface area contributed by atoms with Gasteiger partial charge in [0.15, 0.2) is 11.0 Å². The Morgan fingerprint density at radius 1 is 1.13 bits per heavy atom. The van der Waals surface area contributed by atoms with Crippen molar-refractivity contribution in [3.8, 4) is 17.1 Å². The van der Waals surface area contributed by atoms with E-state index >= 15 is 0 Å². The maximum atomic E-state index is 12.6. The summed E-state index contributed by atoms with van der Waals surface area (Å²) in [5, 5.41) is 14.2. The molecule has 0 radical (unpaired) electrons. The maximum absolute atomic E-state index is 12.6. The Bertz CT molecular complexity index is 1110. The Kier molecular flexibility index (Phi) is 6.25. The van der Waals surface area contributed by atoms with Gasteiger partial charge >= 0.3 is 0 Å². The van der Waals surface area contributed by atoms with Crippen LogP contribution in [0.25, 0.3) is 17.1 Å². The molecule has 3 aromatic heterocycles. The molecule has 0 bridgehead atoms. The van der Waals surface area contributed by atoms with Crippen molar-refractivity contribution in [1.29, 1.82) is 0 Å². The number of rotatable bonds is 7. The van der Waals surface area contributed by atoms with E-state index in [0.717, 1.165) is 22.0 Å². The van der Waals surface area contributed by atoms with Gasteiger partial charge in [-0.15, -0.1) is 21.5 Å². The summed E-state index contributed by atoms with van der Waals surface area (Å²) in [6.45, 7) is 4.47. The Hall–Kier alpha value is -2.97. The van der Waals surface area contributed by atoms with Gasteiger partial charge in [0.25, 0.3) is 0 Å². The third-order valence-corrected chi connectivity index (χ3v) is 6.45. The van der Waals surface area contributed by atoms with Crippen molar-refractivity contribution in [3.63, 3.8) is 0 Å². The van der Waals surface area contributed by atoms with E-state index < -0.39 is 0 Å². The molecule has 3 heterocycles. The summed E-state index contributed by atoms with van der Waals surface area (Å²) in [5.41, 5.74) is 3.04. The van der Waals surface area contributed by atoms with Crippen LogP contribution in [0.15, 0.2) is 71.5 Å². The first-order chi connectivity index (χ1) is 14.6. The Morgan fingerprint density at radius 3 is 2.60 bits per heavy atom. The number of pyridine rings is 1. The molecule has 0 aliphatic rings. The standard InChI is InChI=1S/C22H21N5OS2/c1-15-5-7-18(8-6-15)27-20(17-9-11-23-12-10-17)25-26-22(27)30-16(2)21(28)24-14-19-4-3-13-29-19/h3-13,16H,14H2,1-2H3,(H,24,28). The van der Waals surface area contributed by atoms with Crippen molar-refractivity contribution in [3.05, 3.63) is 76.7 Å². The van der Waals surface area contributed by atoms with Crippen LogP contribution in [-0.4, -0.2) is 30.9 Å². The van der Waals surface area contributed by atoms with Crippen molar-refractivity contribution in [2.75, 3.05) is 0 Å². The molecule has 1 atom stereocenters. The summed E-state index contributed by atoms with van der Waals surface area (Å²) < 4.78 is 1.99. The first-order valence-corrected chi connectivity index (χ1v) is 11.3. The molecule has 8 heteroatoms. The molecule has 0 spiro atoms. The van der Waals surface area contributed by atoms with Gasteiger partial charge in [-0.3, -0.25) is 14.3 Å². The van der Waals surface area contributed by atoms with Crippen LogP contribution < -0.4 is 5.32 Å². The maximum Gasteiger partial charge on any atom is 0.233 e. The fourth-order valence-corrected chi connectivity index (χ4v) is 4.44. The van der Waals surface area contributed by atoms with Gasteiger partial charge in [0, 0.05) is 28.5 Å². The van der Waals surface area contributed by atoms with Crippen LogP contribution in [0.3, 0.4) is 0 Å². The number of thiophene rings is 1. The number of carbonyl (C=O) groups excluding carboxylic acids is 1. The van der Waals surface area contributed by atoms with Gasteiger partial charge in [-0.1, -0.05) is 35.5 Å². The Morgan fingerprint density at radius 2 is 1.90 bits per heavy atom. The fraction of sp³-hybridized carbons (Fsp3) is 0.182. The molecule has 0 aliphatic heterocycles. The molecule has 1 unspecified atom stereocenters. The predicted molar refractivity (Wildman–Crippen MR) is 121 cm³/mol. The van der Waals surface area contributed by atoms with E-state index in [1.165, 1.54) is 17.3 Å². The number of carbonyl (C=O) groups is 1. The van der Waals surface area contributed by atoms with Crippen molar-refractivity contribution >= 4 is 29.0 Å². The summed E-state index contributed by atoms with van der Waals surface area (Å²) in [5.74, 6) is 0.687. The fourth-order valence-electron chi connectivity index (χ4n) is 2.90. The third kappa shape index (κ3) is 4.60. The van der Waals surface area contributed by atoms with E-state index in [9.17, 15) is 4.79 Å². The molecule has 1 amide bonds. The van der Waals surface area contributed by atoms with Crippen molar-refractivity contribution in [2.24, 2.45) is 0 Å². The van der Waals surface area contributed by atoms with Gasteiger partial charge in [0.05, 0.1) is 11.8 Å². The zero-order valence-electron chi connectivity index (χ0n) is 16.6. The Balaban J connectivity index is 1.60. The topological polar surface area (TPSA) is 72.7 Å². The predicted octanol–water partition coefficient (Wildman–Crippen LogP) is 4.50. The number of aryl methyl sites for hydroxylation is 1. The SMILES string of the molecule is Cc1ccc(-n2c(SC(C)C(=O)NCc3cccs3)nnc2-c2ccncc2)cc1. The molecule has 6 nitrogen and oxygen atoms in total. The van der Waals surface area contributed by atoms with E-state index in [0.29, 0.717) is 11.7 Å². The van der Waals surface area contributed by atoms with Gasteiger partial charge in [0.1, 0.15) is 0 Å². The molecule has 4 rings (SSSR count). The van der Waals surface area contributed by atoms with Crippen molar-refractivity contribution in [1.82, 2.24) is 25.1 Å². The van der Waals surface area contributed by atoms with Crippen LogP contribution in [0, 0.1) is 6.92 Å². The highest BCUT2D eigenvalue weighted by molar-refractivity contribution is 8.00. The lowest BCUT2D eigenvalue weighted by atomic mass is 10.2. The van der Waals surface area contributed by atoms with E-state index in [1.54, 1.807) is 23.7 Å². The Labute approximate surface area is 183 Å².